The Morgan fingerprint density at radius 3 is 2.81 bits per heavy atom. The first-order chi connectivity index (χ1) is 12.6. The molecule has 0 unspecified atom stereocenters. The molecule has 136 valence electrons. The Kier molecular flexibility index (Phi) is 4.76. The normalized spacial score (nSPS) is 21.1. The summed E-state index contributed by atoms with van der Waals surface area (Å²) in [5.74, 6) is -0.693. The quantitative estimate of drug-likeness (QED) is 0.821. The maximum atomic E-state index is 12.7. The van der Waals surface area contributed by atoms with Crippen LogP contribution in [0.5, 0.6) is 0 Å². The minimum Gasteiger partial charge on any atom is -0.458 e. The summed E-state index contributed by atoms with van der Waals surface area (Å²) in [6, 6.07) is 10.2. The molecule has 4 rings (SSSR count). The van der Waals surface area contributed by atoms with Gasteiger partial charge in [0.05, 0.1) is 29.6 Å². The van der Waals surface area contributed by atoms with Crippen molar-refractivity contribution in [2.75, 3.05) is 0 Å². The molecule has 6 heteroatoms. The lowest BCUT2D eigenvalue weighted by atomic mass is 9.85. The van der Waals surface area contributed by atoms with E-state index in [1.807, 2.05) is 23.6 Å². The van der Waals surface area contributed by atoms with Crippen molar-refractivity contribution in [3.63, 3.8) is 0 Å². The molecule has 1 aliphatic carbocycles. The first-order valence-electron chi connectivity index (χ1n) is 9.11. The minimum atomic E-state index is -0.554. The molecule has 26 heavy (non-hydrogen) atoms. The standard InChI is InChI=1S/C20H22N2O3S/c23-18-11-16(20(25-18)8-4-5-9-20)19(24)21-12-15-13-26-17(22-15)10-14-6-2-1-3-7-14/h1-3,6-7,13,16H,4-5,8-12H2,(H,21,24)/t16-/m0/s1. The van der Waals surface area contributed by atoms with Crippen molar-refractivity contribution in [2.24, 2.45) is 5.92 Å². The van der Waals surface area contributed by atoms with Crippen LogP contribution in [0.2, 0.25) is 0 Å². The van der Waals surface area contributed by atoms with Gasteiger partial charge in [-0.3, -0.25) is 9.59 Å². The molecule has 5 nitrogen and oxygen atoms in total. The SMILES string of the molecule is O=C1C[C@@H](C(=O)NCc2csc(Cc3ccccc3)n2)C2(CCCC2)O1. The zero-order chi connectivity index (χ0) is 18.0. The van der Waals surface area contributed by atoms with E-state index in [0.717, 1.165) is 42.8 Å². The molecule has 2 aliphatic rings. The molecule has 1 saturated carbocycles. The largest absolute Gasteiger partial charge is 0.458 e. The van der Waals surface area contributed by atoms with Crippen LogP contribution in [-0.4, -0.2) is 22.5 Å². The number of esters is 1. The van der Waals surface area contributed by atoms with Crippen molar-refractivity contribution in [1.82, 2.24) is 10.3 Å². The Balaban J connectivity index is 1.35. The predicted octanol–water partition coefficient (Wildman–Crippen LogP) is 3.23. The van der Waals surface area contributed by atoms with Crippen molar-refractivity contribution in [2.45, 2.75) is 50.7 Å². The number of nitrogens with zero attached hydrogens (tertiary/aromatic N) is 1. The Morgan fingerprint density at radius 1 is 1.27 bits per heavy atom. The Morgan fingerprint density at radius 2 is 2.04 bits per heavy atom. The lowest BCUT2D eigenvalue weighted by Crippen LogP contribution is -2.42. The van der Waals surface area contributed by atoms with Crippen molar-refractivity contribution in [3.05, 3.63) is 52.0 Å². The van der Waals surface area contributed by atoms with Crippen molar-refractivity contribution in [1.29, 1.82) is 0 Å². The summed E-state index contributed by atoms with van der Waals surface area (Å²) < 4.78 is 5.55. The second kappa shape index (κ2) is 7.19. The number of amides is 1. The average Bonchev–Trinajstić information content (AvgIpc) is 3.36. The van der Waals surface area contributed by atoms with Crippen molar-refractivity contribution < 1.29 is 14.3 Å². The van der Waals surface area contributed by atoms with Crippen molar-refractivity contribution in [3.8, 4) is 0 Å². The third-order valence-electron chi connectivity index (χ3n) is 5.33. The topological polar surface area (TPSA) is 68.3 Å². The van der Waals surface area contributed by atoms with Gasteiger partial charge >= 0.3 is 5.97 Å². The van der Waals surface area contributed by atoms with Gasteiger partial charge in [-0.2, -0.15) is 0 Å². The molecule has 1 spiro atoms. The lowest BCUT2D eigenvalue weighted by Gasteiger charge is -2.27. The van der Waals surface area contributed by atoms with E-state index in [9.17, 15) is 9.59 Å². The van der Waals surface area contributed by atoms with Gasteiger partial charge in [0.15, 0.2) is 0 Å². The number of carbonyl (C=O) groups excluding carboxylic acids is 2. The summed E-state index contributed by atoms with van der Waals surface area (Å²) in [6.45, 7) is 0.394. The van der Waals surface area contributed by atoms with E-state index in [1.165, 1.54) is 5.56 Å². The van der Waals surface area contributed by atoms with Crippen LogP contribution in [0.15, 0.2) is 35.7 Å². The van der Waals surface area contributed by atoms with E-state index in [1.54, 1.807) is 11.3 Å². The van der Waals surface area contributed by atoms with Gasteiger partial charge in [-0.25, -0.2) is 4.98 Å². The second-order valence-electron chi connectivity index (χ2n) is 7.12. The van der Waals surface area contributed by atoms with Gasteiger partial charge in [-0.15, -0.1) is 11.3 Å². The van der Waals surface area contributed by atoms with Crippen LogP contribution in [-0.2, 0) is 27.3 Å². The first kappa shape index (κ1) is 17.2. The molecule has 1 N–H and O–H groups in total. The second-order valence-corrected chi connectivity index (χ2v) is 8.06. The summed E-state index contributed by atoms with van der Waals surface area (Å²) in [7, 11) is 0. The predicted molar refractivity (Wildman–Crippen MR) is 98.6 cm³/mol. The van der Waals surface area contributed by atoms with E-state index in [4.69, 9.17) is 4.74 Å². The van der Waals surface area contributed by atoms with E-state index in [2.05, 4.69) is 22.4 Å². The Labute approximate surface area is 156 Å². The van der Waals surface area contributed by atoms with Crippen molar-refractivity contribution >= 4 is 23.2 Å². The maximum absolute atomic E-state index is 12.7. The third kappa shape index (κ3) is 3.51. The molecule has 1 amide bonds. The number of hydrogen-bond acceptors (Lipinski definition) is 5. The van der Waals surface area contributed by atoms with E-state index < -0.39 is 5.60 Å². The van der Waals surface area contributed by atoms with Crippen LogP contribution in [0.3, 0.4) is 0 Å². The number of benzene rings is 1. The van der Waals surface area contributed by atoms with Gasteiger partial charge in [0.1, 0.15) is 5.60 Å². The number of thiazole rings is 1. The van der Waals surface area contributed by atoms with Crippen LogP contribution in [0.4, 0.5) is 0 Å². The highest BCUT2D eigenvalue weighted by Crippen LogP contribution is 2.45. The lowest BCUT2D eigenvalue weighted by molar-refractivity contribution is -0.150. The fourth-order valence-electron chi connectivity index (χ4n) is 4.03. The molecule has 2 fully saturated rings. The van der Waals surface area contributed by atoms with Gasteiger partial charge in [0.25, 0.3) is 0 Å². The van der Waals surface area contributed by atoms with E-state index in [0.29, 0.717) is 6.54 Å². The zero-order valence-corrected chi connectivity index (χ0v) is 15.4. The van der Waals surface area contributed by atoms with E-state index in [-0.39, 0.29) is 24.2 Å². The zero-order valence-electron chi connectivity index (χ0n) is 14.6. The minimum absolute atomic E-state index is 0.0876. The molecule has 2 heterocycles. The highest BCUT2D eigenvalue weighted by atomic mass is 32.1. The molecule has 1 aliphatic heterocycles. The van der Waals surface area contributed by atoms with Crippen LogP contribution in [0.25, 0.3) is 0 Å². The van der Waals surface area contributed by atoms with Crippen LogP contribution in [0, 0.1) is 5.92 Å². The molecule has 0 radical (unpaired) electrons. The summed E-state index contributed by atoms with van der Waals surface area (Å²) in [6.07, 6.45) is 4.64. The van der Waals surface area contributed by atoms with Crippen LogP contribution < -0.4 is 5.32 Å². The van der Waals surface area contributed by atoms with Gasteiger partial charge in [0, 0.05) is 11.8 Å². The molecule has 1 saturated heterocycles. The highest BCUT2D eigenvalue weighted by Gasteiger charge is 2.53. The molecule has 1 aromatic heterocycles. The first-order valence-corrected chi connectivity index (χ1v) is 9.99. The summed E-state index contributed by atoms with van der Waals surface area (Å²) >= 11 is 1.61. The van der Waals surface area contributed by atoms with Gasteiger partial charge in [-0.05, 0) is 31.2 Å². The monoisotopic (exact) mass is 370 g/mol. The number of carbonyl (C=O) groups is 2. The molecule has 0 bridgehead atoms. The van der Waals surface area contributed by atoms with Gasteiger partial charge < -0.3 is 10.1 Å². The molecule has 1 aromatic carbocycles. The fraction of sp³-hybridized carbons (Fsp3) is 0.450. The summed E-state index contributed by atoms with van der Waals surface area (Å²) in [5.41, 5.74) is 1.53. The van der Waals surface area contributed by atoms with Gasteiger partial charge in [-0.1, -0.05) is 30.3 Å². The number of rotatable bonds is 5. The van der Waals surface area contributed by atoms with Gasteiger partial charge in [0.2, 0.25) is 5.91 Å². The Hall–Kier alpha value is -2.21. The molecular weight excluding hydrogens is 348 g/mol. The number of hydrogen-bond donors (Lipinski definition) is 1. The maximum Gasteiger partial charge on any atom is 0.307 e. The number of nitrogens with one attached hydrogen (secondary N) is 1. The highest BCUT2D eigenvalue weighted by molar-refractivity contribution is 7.09. The molecular formula is C20H22N2O3S. The van der Waals surface area contributed by atoms with Crippen LogP contribution >= 0.6 is 11.3 Å². The third-order valence-corrected chi connectivity index (χ3v) is 6.23. The molecule has 1 atom stereocenters. The molecule has 2 aromatic rings. The smallest absolute Gasteiger partial charge is 0.307 e. The fourth-order valence-corrected chi connectivity index (χ4v) is 4.86. The number of aromatic nitrogens is 1. The Bertz CT molecular complexity index is 796. The number of ether oxygens (including phenoxy) is 1. The van der Waals surface area contributed by atoms with E-state index >= 15 is 0 Å². The summed E-state index contributed by atoms with van der Waals surface area (Å²) in [5, 5.41) is 5.98. The summed E-state index contributed by atoms with van der Waals surface area (Å²) in [4.78, 5) is 29.0. The average molecular weight is 370 g/mol. The van der Waals surface area contributed by atoms with Crippen LogP contribution in [0.1, 0.15) is 48.4 Å².